The van der Waals surface area contributed by atoms with Crippen molar-refractivity contribution in [1.82, 2.24) is 19.5 Å². The van der Waals surface area contributed by atoms with E-state index in [1.165, 1.54) is 16.5 Å². The van der Waals surface area contributed by atoms with Crippen molar-refractivity contribution < 1.29 is 0 Å². The largest absolute Gasteiger partial charge is 0.339 e. The second-order valence-electron chi connectivity index (χ2n) is 6.16. The molecule has 0 saturated heterocycles. The van der Waals surface area contributed by atoms with Gasteiger partial charge in [-0.1, -0.05) is 50.5 Å². The number of aromatic amines is 2. The number of hydrogen-bond donors (Lipinski definition) is 2. The van der Waals surface area contributed by atoms with Crippen molar-refractivity contribution in [3.05, 3.63) is 51.0 Å². The van der Waals surface area contributed by atoms with Crippen molar-refractivity contribution in [2.75, 3.05) is 0 Å². The average Bonchev–Trinajstić information content (AvgIpc) is 2.96. The molecule has 23 heavy (non-hydrogen) atoms. The summed E-state index contributed by atoms with van der Waals surface area (Å²) in [5.41, 5.74) is 0.631. The van der Waals surface area contributed by atoms with Gasteiger partial charge in [0.25, 0.3) is 5.56 Å². The van der Waals surface area contributed by atoms with Crippen LogP contribution in [0.5, 0.6) is 0 Å². The quantitative estimate of drug-likeness (QED) is 0.889. The smallest absolute Gasteiger partial charge is 0.330 e. The molecule has 0 radical (unpaired) electrons. The number of aromatic nitrogens is 4. The van der Waals surface area contributed by atoms with Crippen LogP contribution in [0.1, 0.15) is 46.0 Å². The number of allylic oxidation sites excluding steroid dienone is 4. The van der Waals surface area contributed by atoms with E-state index in [-0.39, 0.29) is 5.56 Å². The van der Waals surface area contributed by atoms with E-state index in [2.05, 4.69) is 34.9 Å². The molecule has 0 spiro atoms. The molecule has 2 aromatic heterocycles. The molecule has 0 fully saturated rings. The van der Waals surface area contributed by atoms with E-state index in [9.17, 15) is 9.59 Å². The standard InChI is InChI=1S/C17H22N4O2/c1-3-6-12-7-5-9-17(10-12,8-4-2)21-15(22)13-14(19-11-18-13)20-16(21)23/h5,7,9,11H,3-4,6,8,10H2,1-2H3,(H,18,19)(H,20,23). The summed E-state index contributed by atoms with van der Waals surface area (Å²) >= 11 is 0. The monoisotopic (exact) mass is 314 g/mol. The van der Waals surface area contributed by atoms with Gasteiger partial charge in [-0.3, -0.25) is 9.78 Å². The summed E-state index contributed by atoms with van der Waals surface area (Å²) in [6.07, 6.45) is 11.9. The van der Waals surface area contributed by atoms with Crippen LogP contribution in [0.2, 0.25) is 0 Å². The van der Waals surface area contributed by atoms with E-state index in [1.807, 2.05) is 12.2 Å². The molecule has 1 unspecified atom stereocenters. The first-order valence-electron chi connectivity index (χ1n) is 8.17. The summed E-state index contributed by atoms with van der Waals surface area (Å²) in [7, 11) is 0. The summed E-state index contributed by atoms with van der Waals surface area (Å²) in [5, 5.41) is 0. The SMILES string of the molecule is CCCC1=CC=CC(CCC)(n2c(=O)[nH]c3nc[nH]c3c2=O)C1. The van der Waals surface area contributed by atoms with E-state index in [1.54, 1.807) is 0 Å². The number of imidazole rings is 1. The van der Waals surface area contributed by atoms with E-state index >= 15 is 0 Å². The Morgan fingerprint density at radius 3 is 2.87 bits per heavy atom. The maximum Gasteiger partial charge on any atom is 0.330 e. The molecule has 2 N–H and O–H groups in total. The third kappa shape index (κ3) is 2.58. The van der Waals surface area contributed by atoms with Crippen LogP contribution in [0.25, 0.3) is 11.2 Å². The number of H-pyrrole nitrogens is 2. The minimum atomic E-state index is -0.599. The zero-order valence-corrected chi connectivity index (χ0v) is 13.6. The molecule has 1 aliphatic rings. The number of nitrogens with zero attached hydrogens (tertiary/aromatic N) is 2. The zero-order chi connectivity index (χ0) is 16.4. The van der Waals surface area contributed by atoms with Crippen LogP contribution < -0.4 is 11.2 Å². The maximum atomic E-state index is 12.9. The van der Waals surface area contributed by atoms with Gasteiger partial charge in [-0.15, -0.1) is 0 Å². The van der Waals surface area contributed by atoms with Crippen LogP contribution in [0.15, 0.2) is 39.7 Å². The van der Waals surface area contributed by atoms with E-state index in [0.29, 0.717) is 17.6 Å². The minimum absolute atomic E-state index is 0.308. The molecule has 0 amide bonds. The topological polar surface area (TPSA) is 83.5 Å². The summed E-state index contributed by atoms with van der Waals surface area (Å²) in [5.74, 6) is 0. The van der Waals surface area contributed by atoms with Gasteiger partial charge in [0.2, 0.25) is 0 Å². The molecule has 0 aromatic carbocycles. The van der Waals surface area contributed by atoms with Crippen molar-refractivity contribution in [2.45, 2.75) is 51.5 Å². The van der Waals surface area contributed by atoms with Crippen LogP contribution in [0.3, 0.4) is 0 Å². The van der Waals surface area contributed by atoms with Crippen LogP contribution in [-0.4, -0.2) is 19.5 Å². The maximum absolute atomic E-state index is 12.9. The second-order valence-corrected chi connectivity index (χ2v) is 6.16. The Hall–Kier alpha value is -2.37. The highest BCUT2D eigenvalue weighted by molar-refractivity contribution is 5.67. The van der Waals surface area contributed by atoms with E-state index < -0.39 is 11.2 Å². The van der Waals surface area contributed by atoms with Crippen molar-refractivity contribution in [2.24, 2.45) is 0 Å². The first kappa shape index (κ1) is 15.5. The Labute approximate surface area is 134 Å². The molecule has 3 rings (SSSR count). The van der Waals surface area contributed by atoms with Crippen LogP contribution in [-0.2, 0) is 5.54 Å². The number of fused-ring (bicyclic) bond motifs is 1. The van der Waals surface area contributed by atoms with Crippen molar-refractivity contribution >= 4 is 11.2 Å². The van der Waals surface area contributed by atoms with Gasteiger partial charge in [0.05, 0.1) is 11.9 Å². The average molecular weight is 314 g/mol. The summed E-state index contributed by atoms with van der Waals surface area (Å²) in [6.45, 7) is 4.21. The Kier molecular flexibility index (Phi) is 4.07. The fourth-order valence-electron chi connectivity index (χ4n) is 3.56. The van der Waals surface area contributed by atoms with Gasteiger partial charge in [-0.25, -0.2) is 14.3 Å². The molecule has 6 nitrogen and oxygen atoms in total. The van der Waals surface area contributed by atoms with Gasteiger partial charge < -0.3 is 4.98 Å². The third-order valence-corrected chi connectivity index (χ3v) is 4.46. The molecule has 2 aromatic rings. The van der Waals surface area contributed by atoms with Crippen LogP contribution in [0, 0.1) is 0 Å². The summed E-state index contributed by atoms with van der Waals surface area (Å²) < 4.78 is 1.37. The predicted molar refractivity (Wildman–Crippen MR) is 90.6 cm³/mol. The van der Waals surface area contributed by atoms with Crippen molar-refractivity contribution in [3.63, 3.8) is 0 Å². The van der Waals surface area contributed by atoms with Gasteiger partial charge in [-0.05, 0) is 19.3 Å². The molecule has 2 heterocycles. The van der Waals surface area contributed by atoms with Gasteiger partial charge in [0.15, 0.2) is 5.65 Å². The van der Waals surface area contributed by atoms with Crippen LogP contribution in [0.4, 0.5) is 0 Å². The van der Waals surface area contributed by atoms with Crippen LogP contribution >= 0.6 is 0 Å². The van der Waals surface area contributed by atoms with Gasteiger partial charge in [-0.2, -0.15) is 0 Å². The molecule has 6 heteroatoms. The predicted octanol–water partition coefficient (Wildman–Crippen LogP) is 2.59. The molecule has 1 atom stereocenters. The van der Waals surface area contributed by atoms with Crippen molar-refractivity contribution in [1.29, 1.82) is 0 Å². The second kappa shape index (κ2) is 6.02. The number of nitrogens with one attached hydrogen (secondary N) is 2. The third-order valence-electron chi connectivity index (χ3n) is 4.46. The fraction of sp³-hybridized carbons (Fsp3) is 0.471. The minimum Gasteiger partial charge on any atom is -0.339 e. The van der Waals surface area contributed by atoms with Gasteiger partial charge in [0, 0.05) is 0 Å². The fourth-order valence-corrected chi connectivity index (χ4v) is 3.56. The normalized spacial score (nSPS) is 20.9. The van der Waals surface area contributed by atoms with Crippen molar-refractivity contribution in [3.8, 4) is 0 Å². The Morgan fingerprint density at radius 2 is 2.13 bits per heavy atom. The van der Waals surface area contributed by atoms with E-state index in [4.69, 9.17) is 0 Å². The summed E-state index contributed by atoms with van der Waals surface area (Å²) in [4.78, 5) is 35.0. The summed E-state index contributed by atoms with van der Waals surface area (Å²) in [6, 6.07) is 0. The first-order chi connectivity index (χ1) is 11.1. The lowest BCUT2D eigenvalue weighted by atomic mass is 9.81. The Bertz CT molecular complexity index is 884. The zero-order valence-electron chi connectivity index (χ0n) is 13.6. The molecule has 122 valence electrons. The van der Waals surface area contributed by atoms with Gasteiger partial charge in [0.1, 0.15) is 5.52 Å². The highest BCUT2D eigenvalue weighted by atomic mass is 16.2. The number of rotatable bonds is 5. The Morgan fingerprint density at radius 1 is 1.30 bits per heavy atom. The number of hydrogen-bond acceptors (Lipinski definition) is 3. The first-order valence-corrected chi connectivity index (χ1v) is 8.17. The molecular weight excluding hydrogens is 292 g/mol. The van der Waals surface area contributed by atoms with Gasteiger partial charge >= 0.3 is 5.69 Å². The molecule has 1 aliphatic carbocycles. The molecule has 0 aliphatic heterocycles. The molecule has 0 bridgehead atoms. The highest BCUT2D eigenvalue weighted by Gasteiger charge is 2.34. The molecular formula is C17H22N4O2. The molecule has 0 saturated carbocycles. The lowest BCUT2D eigenvalue weighted by Gasteiger charge is -2.34. The Balaban J connectivity index is 2.20. The highest BCUT2D eigenvalue weighted by Crippen LogP contribution is 2.34. The lowest BCUT2D eigenvalue weighted by molar-refractivity contribution is 0.308. The lowest BCUT2D eigenvalue weighted by Crippen LogP contribution is -2.49. The van der Waals surface area contributed by atoms with E-state index in [0.717, 1.165) is 25.7 Å².